The molecular weight excluding hydrogens is 675 g/mol. The second kappa shape index (κ2) is 13.7. The number of rotatable bonds is 8. The average Bonchev–Trinajstić information content (AvgIpc) is 3.87. The smallest absolute Gasteiger partial charge is 0.303 e. The van der Waals surface area contributed by atoms with E-state index in [1.807, 2.05) is 24.3 Å². The van der Waals surface area contributed by atoms with E-state index in [9.17, 15) is 13.2 Å². The molecule has 2 atom stereocenters. The summed E-state index contributed by atoms with van der Waals surface area (Å²) < 4.78 is 36.6. The zero-order valence-electron chi connectivity index (χ0n) is 30.4. The first-order chi connectivity index (χ1) is 25.1. The van der Waals surface area contributed by atoms with E-state index in [1.165, 1.54) is 31.6 Å². The molecule has 274 valence electrons. The van der Waals surface area contributed by atoms with E-state index in [2.05, 4.69) is 55.5 Å². The van der Waals surface area contributed by atoms with E-state index >= 15 is 4.79 Å². The van der Waals surface area contributed by atoms with E-state index < -0.39 is 21.5 Å². The van der Waals surface area contributed by atoms with Crippen molar-refractivity contribution in [3.05, 3.63) is 89.0 Å². The first-order valence-electron chi connectivity index (χ1n) is 18.7. The van der Waals surface area contributed by atoms with Gasteiger partial charge in [0.25, 0.3) is 5.91 Å². The Morgan fingerprint density at radius 1 is 0.923 bits per heavy atom. The number of hydrogen-bond acceptors (Lipinski definition) is 6. The van der Waals surface area contributed by atoms with Gasteiger partial charge in [-0.05, 0) is 78.6 Å². The van der Waals surface area contributed by atoms with E-state index in [1.54, 1.807) is 13.2 Å². The first-order valence-corrected chi connectivity index (χ1v) is 20.2. The van der Waals surface area contributed by atoms with Crippen LogP contribution in [0, 0.1) is 5.41 Å². The van der Waals surface area contributed by atoms with Crippen molar-refractivity contribution in [2.75, 3.05) is 47.4 Å². The lowest BCUT2D eigenvalue weighted by molar-refractivity contribution is -0.137. The van der Waals surface area contributed by atoms with Crippen LogP contribution in [0.15, 0.2) is 66.7 Å². The predicted octanol–water partition coefficient (Wildman–Crippen LogP) is 6.12. The minimum absolute atomic E-state index is 0.0413. The van der Waals surface area contributed by atoms with Gasteiger partial charge >= 0.3 is 10.2 Å². The van der Waals surface area contributed by atoms with Crippen molar-refractivity contribution in [3.8, 4) is 17.0 Å². The second-order valence-electron chi connectivity index (χ2n) is 15.4. The molecule has 2 unspecified atom stereocenters. The summed E-state index contributed by atoms with van der Waals surface area (Å²) in [5.74, 6) is 0.692. The molecule has 3 aromatic carbocycles. The summed E-state index contributed by atoms with van der Waals surface area (Å²) in [4.78, 5) is 33.0. The van der Waals surface area contributed by atoms with Crippen molar-refractivity contribution < 1.29 is 22.7 Å². The molecule has 11 heteroatoms. The standard InChI is InChI=1S/C41H49N5O5S/c1-43(2)52(49,50)42-39(47)30-15-17-33-36(23-30)46-27-41(40(48)45-20-10-19-44(21-22-45)26-28-11-6-4-7-12-28)25-35(41)34-24-31(51-3)16-18-32(34)38(46)37(33)29-13-8-5-9-14-29/h4,6-7,11-12,15-18,23-24,29,35H,5,8-10,13-14,19-22,25-27H2,1-3H3,(H,42,47). The molecule has 3 heterocycles. The van der Waals surface area contributed by atoms with Crippen molar-refractivity contribution >= 4 is 32.9 Å². The summed E-state index contributed by atoms with van der Waals surface area (Å²) in [7, 11) is 0.493. The molecule has 2 saturated carbocycles. The van der Waals surface area contributed by atoms with Crippen LogP contribution in [0.25, 0.3) is 22.2 Å². The predicted molar refractivity (Wildman–Crippen MR) is 203 cm³/mol. The molecule has 2 aliphatic heterocycles. The number of nitrogens with zero attached hydrogens (tertiary/aromatic N) is 4. The molecular formula is C41H49N5O5S. The third kappa shape index (κ3) is 6.20. The molecule has 10 nitrogen and oxygen atoms in total. The van der Waals surface area contributed by atoms with Crippen LogP contribution in [0.2, 0.25) is 0 Å². The van der Waals surface area contributed by atoms with Crippen molar-refractivity contribution in [3.63, 3.8) is 0 Å². The highest BCUT2D eigenvalue weighted by atomic mass is 32.2. The lowest BCUT2D eigenvalue weighted by atomic mass is 9.81. The van der Waals surface area contributed by atoms with Crippen molar-refractivity contribution in [1.29, 1.82) is 0 Å². The first kappa shape index (κ1) is 34.9. The molecule has 1 N–H and O–H groups in total. The number of fused-ring (bicyclic) bond motifs is 7. The minimum Gasteiger partial charge on any atom is -0.497 e. The summed E-state index contributed by atoms with van der Waals surface area (Å²) in [6, 6.07) is 22.4. The van der Waals surface area contributed by atoms with Gasteiger partial charge in [-0.1, -0.05) is 55.7 Å². The van der Waals surface area contributed by atoms with Gasteiger partial charge in [-0.2, -0.15) is 12.7 Å². The van der Waals surface area contributed by atoms with Crippen LogP contribution in [0.5, 0.6) is 5.75 Å². The number of methoxy groups -OCH3 is 1. The average molecular weight is 724 g/mol. The van der Waals surface area contributed by atoms with E-state index in [0.717, 1.165) is 102 Å². The fourth-order valence-electron chi connectivity index (χ4n) is 9.18. The quantitative estimate of drug-likeness (QED) is 0.235. The Hall–Kier alpha value is -4.19. The topological polar surface area (TPSA) is 104 Å². The van der Waals surface area contributed by atoms with Gasteiger partial charge in [-0.25, -0.2) is 4.72 Å². The SMILES string of the molecule is COc1ccc2c(c1)C1CC1(C(=O)N1CCCN(Cc3ccccc3)CC1)Cn1c-2c(C2CCCCC2)c2ccc(C(=O)NS(=O)(=O)N(C)C)cc21. The summed E-state index contributed by atoms with van der Waals surface area (Å²) in [5, 5.41) is 1.07. The number of nitrogens with one attached hydrogen (secondary N) is 1. The van der Waals surface area contributed by atoms with Crippen LogP contribution in [-0.4, -0.2) is 86.3 Å². The fourth-order valence-corrected chi connectivity index (χ4v) is 9.71. The van der Waals surface area contributed by atoms with Crippen LogP contribution < -0.4 is 9.46 Å². The van der Waals surface area contributed by atoms with Crippen LogP contribution in [0.1, 0.15) is 83.8 Å². The third-order valence-corrected chi connectivity index (χ3v) is 13.4. The van der Waals surface area contributed by atoms with Crippen molar-refractivity contribution in [1.82, 2.24) is 23.4 Å². The summed E-state index contributed by atoms with van der Waals surface area (Å²) in [6.07, 6.45) is 7.38. The number of hydrogen-bond donors (Lipinski definition) is 1. The van der Waals surface area contributed by atoms with Crippen LogP contribution in [0.4, 0.5) is 0 Å². The maximum atomic E-state index is 15.0. The summed E-state index contributed by atoms with van der Waals surface area (Å²) in [6.45, 7) is 4.54. The molecule has 4 aliphatic rings. The van der Waals surface area contributed by atoms with Crippen molar-refractivity contribution in [2.24, 2.45) is 5.41 Å². The van der Waals surface area contributed by atoms with E-state index in [0.29, 0.717) is 19.0 Å². The van der Waals surface area contributed by atoms with Crippen molar-refractivity contribution in [2.45, 2.75) is 69.9 Å². The summed E-state index contributed by atoms with van der Waals surface area (Å²) in [5.41, 5.74) is 6.48. The molecule has 2 aliphatic carbocycles. The molecule has 52 heavy (non-hydrogen) atoms. The monoisotopic (exact) mass is 723 g/mol. The van der Waals surface area contributed by atoms with Crippen LogP contribution in [0.3, 0.4) is 0 Å². The second-order valence-corrected chi connectivity index (χ2v) is 17.3. The third-order valence-electron chi connectivity index (χ3n) is 12.0. The maximum Gasteiger partial charge on any atom is 0.303 e. The lowest BCUT2D eigenvalue weighted by Crippen LogP contribution is -2.42. The zero-order valence-corrected chi connectivity index (χ0v) is 31.3. The number of amides is 2. The highest BCUT2D eigenvalue weighted by molar-refractivity contribution is 7.87. The lowest BCUT2D eigenvalue weighted by Gasteiger charge is -2.28. The fraction of sp³-hybridized carbons (Fsp3) is 0.463. The summed E-state index contributed by atoms with van der Waals surface area (Å²) >= 11 is 0. The van der Waals surface area contributed by atoms with Crippen LogP contribution in [-0.2, 0) is 28.1 Å². The zero-order chi connectivity index (χ0) is 36.2. The van der Waals surface area contributed by atoms with Gasteiger partial charge in [0.1, 0.15) is 5.75 Å². The molecule has 0 radical (unpaired) electrons. The van der Waals surface area contributed by atoms with Gasteiger partial charge in [-0.3, -0.25) is 14.5 Å². The van der Waals surface area contributed by atoms with Gasteiger partial charge in [0, 0.05) is 81.3 Å². The highest BCUT2D eigenvalue weighted by Gasteiger charge is 2.63. The Kier molecular flexibility index (Phi) is 9.16. The van der Waals surface area contributed by atoms with E-state index in [4.69, 9.17) is 4.74 Å². The highest BCUT2D eigenvalue weighted by Crippen LogP contribution is 2.66. The number of aromatic nitrogens is 1. The number of benzene rings is 3. The molecule has 4 aromatic rings. The minimum atomic E-state index is -3.98. The molecule has 8 rings (SSSR count). The van der Waals surface area contributed by atoms with Gasteiger partial charge in [-0.15, -0.1) is 0 Å². The number of carbonyl (C=O) groups excluding carboxylic acids is 2. The van der Waals surface area contributed by atoms with Gasteiger partial charge in [0.2, 0.25) is 5.91 Å². The van der Waals surface area contributed by atoms with Gasteiger partial charge in [0.05, 0.1) is 18.2 Å². The molecule has 2 amide bonds. The molecule has 0 bridgehead atoms. The Morgan fingerprint density at radius 2 is 1.71 bits per heavy atom. The Labute approximate surface area is 306 Å². The van der Waals surface area contributed by atoms with Gasteiger partial charge in [0.15, 0.2) is 0 Å². The molecule has 3 fully saturated rings. The largest absolute Gasteiger partial charge is 0.497 e. The Morgan fingerprint density at radius 3 is 2.46 bits per heavy atom. The van der Waals surface area contributed by atoms with Gasteiger partial charge < -0.3 is 14.2 Å². The maximum absolute atomic E-state index is 15.0. The molecule has 0 spiro atoms. The van der Waals surface area contributed by atoms with Crippen LogP contribution >= 0.6 is 0 Å². The number of ether oxygens (including phenoxy) is 1. The van der Waals surface area contributed by atoms with E-state index in [-0.39, 0.29) is 17.4 Å². The Balaban J connectivity index is 1.22. The molecule has 1 saturated heterocycles. The Bertz CT molecular complexity index is 2120. The number of carbonyl (C=O) groups is 2. The molecule has 1 aromatic heterocycles. The normalized spacial score (nSPS) is 22.2.